The molecule has 1 atom stereocenters. The molecule has 0 aromatic carbocycles. The molecule has 1 aromatic rings. The average molecular weight is 270 g/mol. The molecule has 0 saturated heterocycles. The molecule has 4 nitrogen and oxygen atoms in total. The minimum atomic E-state index is -0.829. The maximum absolute atomic E-state index is 11.6. The third kappa shape index (κ3) is 5.31. The van der Waals surface area contributed by atoms with Gasteiger partial charge in [-0.25, -0.2) is 0 Å². The Balaban J connectivity index is 2.41. The number of thiophene rings is 1. The highest BCUT2D eigenvalue weighted by Crippen LogP contribution is 2.19. The molecular formula is C13H18O4S. The molecule has 0 aliphatic carbocycles. The Labute approximate surface area is 111 Å². The summed E-state index contributed by atoms with van der Waals surface area (Å²) in [6, 6.07) is 3.97. The summed E-state index contributed by atoms with van der Waals surface area (Å²) in [4.78, 5) is 24.5. The van der Waals surface area contributed by atoms with E-state index < -0.39 is 12.3 Å². The molecule has 5 heteroatoms. The quantitative estimate of drug-likeness (QED) is 0.589. The molecule has 0 fully saturated rings. The Morgan fingerprint density at radius 2 is 1.94 bits per heavy atom. The summed E-state index contributed by atoms with van der Waals surface area (Å²) in [5.74, 6) is -0.842. The summed E-state index contributed by atoms with van der Waals surface area (Å²) >= 11 is 1.62. The number of rotatable bonds is 6. The van der Waals surface area contributed by atoms with Crippen LogP contribution in [-0.4, -0.2) is 18.2 Å². The standard InChI is InChI=1S/C13H18O4S/c1-4-5-11-6-7-12(18-11)8-13(15)17-10(3)16-9(2)14/h6-7,10H,4-5,8H2,1-3H3. The Kier molecular flexibility index (Phi) is 5.85. The van der Waals surface area contributed by atoms with Gasteiger partial charge in [-0.15, -0.1) is 11.3 Å². The number of ether oxygens (including phenoxy) is 2. The van der Waals surface area contributed by atoms with E-state index in [2.05, 4.69) is 6.92 Å². The van der Waals surface area contributed by atoms with Gasteiger partial charge < -0.3 is 9.47 Å². The van der Waals surface area contributed by atoms with Crippen molar-refractivity contribution in [1.82, 2.24) is 0 Å². The lowest BCUT2D eigenvalue weighted by Crippen LogP contribution is -2.21. The van der Waals surface area contributed by atoms with Crippen LogP contribution in [0.15, 0.2) is 12.1 Å². The molecule has 0 saturated carbocycles. The van der Waals surface area contributed by atoms with Crippen molar-refractivity contribution in [2.45, 2.75) is 46.3 Å². The lowest BCUT2D eigenvalue weighted by molar-refractivity contribution is -0.182. The summed E-state index contributed by atoms with van der Waals surface area (Å²) in [6.45, 7) is 4.92. The van der Waals surface area contributed by atoms with Gasteiger partial charge in [0.25, 0.3) is 0 Å². The number of carbonyl (C=O) groups is 2. The normalized spacial score (nSPS) is 11.9. The zero-order valence-corrected chi connectivity index (χ0v) is 11.7. The van der Waals surface area contributed by atoms with Gasteiger partial charge in [-0.3, -0.25) is 9.59 Å². The van der Waals surface area contributed by atoms with Crippen molar-refractivity contribution in [1.29, 1.82) is 0 Å². The molecule has 0 N–H and O–H groups in total. The molecule has 1 heterocycles. The van der Waals surface area contributed by atoms with Crippen molar-refractivity contribution in [3.63, 3.8) is 0 Å². The molecule has 100 valence electrons. The van der Waals surface area contributed by atoms with E-state index in [1.807, 2.05) is 12.1 Å². The van der Waals surface area contributed by atoms with E-state index in [1.54, 1.807) is 11.3 Å². The average Bonchev–Trinajstić information content (AvgIpc) is 2.64. The van der Waals surface area contributed by atoms with Gasteiger partial charge in [-0.2, -0.15) is 0 Å². The second kappa shape index (κ2) is 7.16. The first-order valence-corrected chi connectivity index (χ1v) is 6.77. The van der Waals surface area contributed by atoms with Gasteiger partial charge in [-0.1, -0.05) is 13.3 Å². The first-order chi connectivity index (χ1) is 8.51. The first-order valence-electron chi connectivity index (χ1n) is 5.95. The predicted octanol–water partition coefficient (Wildman–Crippen LogP) is 2.70. The van der Waals surface area contributed by atoms with E-state index in [4.69, 9.17) is 9.47 Å². The van der Waals surface area contributed by atoms with Crippen LogP contribution in [0.4, 0.5) is 0 Å². The monoisotopic (exact) mass is 270 g/mol. The maximum atomic E-state index is 11.6. The number of hydrogen-bond donors (Lipinski definition) is 0. The summed E-state index contributed by atoms with van der Waals surface area (Å²) in [5, 5.41) is 0. The molecule has 0 radical (unpaired) electrons. The Bertz CT molecular complexity index is 411. The van der Waals surface area contributed by atoms with Crippen LogP contribution in [0.5, 0.6) is 0 Å². The van der Waals surface area contributed by atoms with Gasteiger partial charge in [0, 0.05) is 23.6 Å². The SMILES string of the molecule is CCCc1ccc(CC(=O)OC(C)OC(C)=O)s1. The van der Waals surface area contributed by atoms with Gasteiger partial charge in [0.05, 0.1) is 6.42 Å². The Morgan fingerprint density at radius 3 is 2.56 bits per heavy atom. The van der Waals surface area contributed by atoms with Crippen LogP contribution in [0.25, 0.3) is 0 Å². The fourth-order valence-corrected chi connectivity index (χ4v) is 2.63. The molecule has 0 bridgehead atoms. The fourth-order valence-electron chi connectivity index (χ4n) is 1.52. The molecule has 18 heavy (non-hydrogen) atoms. The van der Waals surface area contributed by atoms with Crippen LogP contribution in [0.2, 0.25) is 0 Å². The van der Waals surface area contributed by atoms with Crippen LogP contribution < -0.4 is 0 Å². The third-order valence-corrected chi connectivity index (χ3v) is 3.31. The second-order valence-corrected chi connectivity index (χ2v) is 5.21. The molecular weight excluding hydrogens is 252 g/mol. The zero-order chi connectivity index (χ0) is 13.5. The van der Waals surface area contributed by atoms with E-state index in [0.717, 1.165) is 17.7 Å². The van der Waals surface area contributed by atoms with Crippen LogP contribution in [0.1, 0.15) is 36.9 Å². The molecule has 0 amide bonds. The van der Waals surface area contributed by atoms with E-state index in [0.29, 0.717) is 0 Å². The minimum absolute atomic E-state index is 0.222. The van der Waals surface area contributed by atoms with Crippen LogP contribution in [0.3, 0.4) is 0 Å². The predicted molar refractivity (Wildman–Crippen MR) is 69.3 cm³/mol. The molecule has 1 rings (SSSR count). The number of aryl methyl sites for hydroxylation is 1. The van der Waals surface area contributed by atoms with Crippen molar-refractivity contribution in [2.75, 3.05) is 0 Å². The smallest absolute Gasteiger partial charge is 0.314 e. The van der Waals surface area contributed by atoms with E-state index in [-0.39, 0.29) is 12.4 Å². The molecule has 1 unspecified atom stereocenters. The summed E-state index contributed by atoms with van der Waals surface area (Å²) < 4.78 is 9.68. The highest BCUT2D eigenvalue weighted by Gasteiger charge is 2.13. The van der Waals surface area contributed by atoms with Crippen molar-refractivity contribution >= 4 is 23.3 Å². The molecule has 1 aromatic heterocycles. The van der Waals surface area contributed by atoms with Crippen LogP contribution >= 0.6 is 11.3 Å². The van der Waals surface area contributed by atoms with E-state index in [1.165, 1.54) is 18.7 Å². The lowest BCUT2D eigenvalue weighted by Gasteiger charge is -2.12. The molecule has 0 spiro atoms. The lowest BCUT2D eigenvalue weighted by atomic mass is 10.3. The zero-order valence-electron chi connectivity index (χ0n) is 10.9. The largest absolute Gasteiger partial charge is 0.426 e. The van der Waals surface area contributed by atoms with Gasteiger partial charge in [0.1, 0.15) is 0 Å². The van der Waals surface area contributed by atoms with Gasteiger partial charge in [0.15, 0.2) is 0 Å². The Morgan fingerprint density at radius 1 is 1.28 bits per heavy atom. The number of esters is 2. The van der Waals surface area contributed by atoms with Gasteiger partial charge in [0.2, 0.25) is 6.29 Å². The number of hydrogen-bond acceptors (Lipinski definition) is 5. The van der Waals surface area contributed by atoms with E-state index in [9.17, 15) is 9.59 Å². The van der Waals surface area contributed by atoms with Crippen molar-refractivity contribution in [3.8, 4) is 0 Å². The summed E-state index contributed by atoms with van der Waals surface area (Å²) in [6.07, 6.45) is 1.52. The fraction of sp³-hybridized carbons (Fsp3) is 0.538. The minimum Gasteiger partial charge on any atom is -0.426 e. The molecule has 0 aliphatic heterocycles. The Hall–Kier alpha value is -1.36. The highest BCUT2D eigenvalue weighted by atomic mass is 32.1. The summed E-state index contributed by atoms with van der Waals surface area (Å²) in [7, 11) is 0. The second-order valence-electron chi connectivity index (χ2n) is 3.96. The van der Waals surface area contributed by atoms with Crippen LogP contribution in [-0.2, 0) is 31.9 Å². The summed E-state index contributed by atoms with van der Waals surface area (Å²) in [5.41, 5.74) is 0. The maximum Gasteiger partial charge on any atom is 0.314 e. The van der Waals surface area contributed by atoms with Crippen molar-refractivity contribution < 1.29 is 19.1 Å². The van der Waals surface area contributed by atoms with Crippen LogP contribution in [0, 0.1) is 0 Å². The van der Waals surface area contributed by atoms with Crippen molar-refractivity contribution in [2.24, 2.45) is 0 Å². The number of carbonyl (C=O) groups excluding carboxylic acids is 2. The third-order valence-electron chi connectivity index (χ3n) is 2.16. The van der Waals surface area contributed by atoms with Crippen molar-refractivity contribution in [3.05, 3.63) is 21.9 Å². The van der Waals surface area contributed by atoms with E-state index >= 15 is 0 Å². The topological polar surface area (TPSA) is 52.6 Å². The van der Waals surface area contributed by atoms with Gasteiger partial charge in [-0.05, 0) is 18.6 Å². The first kappa shape index (κ1) is 14.7. The molecule has 0 aliphatic rings. The van der Waals surface area contributed by atoms with Gasteiger partial charge >= 0.3 is 11.9 Å². The highest BCUT2D eigenvalue weighted by molar-refractivity contribution is 7.12.